The van der Waals surface area contributed by atoms with E-state index in [9.17, 15) is 9.59 Å². The second-order valence-corrected chi connectivity index (χ2v) is 2.40. The molecule has 0 aliphatic rings. The van der Waals surface area contributed by atoms with Crippen LogP contribution in [0.3, 0.4) is 0 Å². The third-order valence-electron chi connectivity index (χ3n) is 1.32. The maximum absolute atomic E-state index is 10.6. The van der Waals surface area contributed by atoms with E-state index in [1.807, 2.05) is 0 Å². The molecule has 0 saturated carbocycles. The van der Waals surface area contributed by atoms with Gasteiger partial charge in [0.25, 0.3) is 0 Å². The van der Waals surface area contributed by atoms with Crippen LogP contribution in [0.1, 0.15) is 6.92 Å². The molecule has 0 fully saturated rings. The number of carboxylic acid groups (broad SMARTS) is 1. The van der Waals surface area contributed by atoms with E-state index in [0.29, 0.717) is 0 Å². The molecular weight excluding hydrogens is 178 g/mol. The monoisotopic (exact) mass is 191 g/mol. The lowest BCUT2D eigenvalue weighted by molar-refractivity contribution is -0.142. The topological polar surface area (TPSA) is 111 Å². The molecule has 0 bridgehead atoms. The van der Waals surface area contributed by atoms with E-state index < -0.39 is 24.1 Å². The molecule has 13 heavy (non-hydrogen) atoms. The number of aliphatic carboxylic acids is 1. The van der Waals surface area contributed by atoms with E-state index in [1.165, 1.54) is 14.0 Å². The number of nitrogens with one attached hydrogen (secondary N) is 3. The number of rotatable bonds is 4. The van der Waals surface area contributed by atoms with Gasteiger partial charge in [-0.15, -0.1) is 0 Å². The van der Waals surface area contributed by atoms with Crippen LogP contribution in [-0.2, 0) is 4.79 Å². The van der Waals surface area contributed by atoms with Crippen LogP contribution in [0.5, 0.6) is 0 Å². The highest BCUT2D eigenvalue weighted by atomic mass is 16.4. The molecule has 0 aromatic carbocycles. The molecule has 76 valence electrons. The summed E-state index contributed by atoms with van der Waals surface area (Å²) >= 11 is 0. The van der Waals surface area contributed by atoms with Gasteiger partial charge in [-0.05, 0) is 6.92 Å². The van der Waals surface area contributed by atoms with Gasteiger partial charge in [-0.25, -0.2) is 10.2 Å². The van der Waals surface area contributed by atoms with Crippen LogP contribution < -0.4 is 16.2 Å². The van der Waals surface area contributed by atoms with Crippen LogP contribution in [0.25, 0.3) is 0 Å². The normalized spacial score (nSPS) is 14.4. The summed E-state index contributed by atoms with van der Waals surface area (Å²) in [7, 11) is 1.38. The Kier molecular flexibility index (Phi) is 4.78. The second-order valence-electron chi connectivity index (χ2n) is 2.40. The summed E-state index contributed by atoms with van der Waals surface area (Å²) in [6, 6.07) is -1.80. The average Bonchev–Trinajstić information content (AvgIpc) is 2.03. The SMILES string of the molecule is CNC(=O)NNC(C(=O)O)C(C)O. The van der Waals surface area contributed by atoms with Crippen LogP contribution in [0, 0.1) is 0 Å². The molecule has 2 unspecified atom stereocenters. The first kappa shape index (κ1) is 11.7. The van der Waals surface area contributed by atoms with Gasteiger partial charge in [0.05, 0.1) is 6.10 Å². The van der Waals surface area contributed by atoms with Crippen molar-refractivity contribution >= 4 is 12.0 Å². The predicted octanol–water partition coefficient (Wildman–Crippen LogP) is -1.75. The first-order valence-electron chi connectivity index (χ1n) is 3.63. The number of hydrogen-bond donors (Lipinski definition) is 5. The van der Waals surface area contributed by atoms with Gasteiger partial charge in [0.1, 0.15) is 6.04 Å². The van der Waals surface area contributed by atoms with E-state index in [4.69, 9.17) is 10.2 Å². The summed E-state index contributed by atoms with van der Waals surface area (Å²) in [6.45, 7) is 1.30. The summed E-state index contributed by atoms with van der Waals surface area (Å²) in [6.07, 6.45) is -1.10. The minimum absolute atomic E-state index is 0.577. The fraction of sp³-hybridized carbons (Fsp3) is 0.667. The van der Waals surface area contributed by atoms with Gasteiger partial charge in [-0.3, -0.25) is 10.2 Å². The van der Waals surface area contributed by atoms with Gasteiger partial charge in [0, 0.05) is 7.05 Å². The van der Waals surface area contributed by atoms with Crippen molar-refractivity contribution < 1.29 is 19.8 Å². The van der Waals surface area contributed by atoms with Crippen molar-refractivity contribution in [3.8, 4) is 0 Å². The Balaban J connectivity index is 3.97. The number of carboxylic acids is 1. The molecular formula is C6H13N3O4. The third-order valence-corrected chi connectivity index (χ3v) is 1.32. The Hall–Kier alpha value is -1.34. The lowest BCUT2D eigenvalue weighted by Crippen LogP contribution is -2.54. The quantitative estimate of drug-likeness (QED) is 0.338. The van der Waals surface area contributed by atoms with Crippen molar-refractivity contribution in [1.82, 2.24) is 16.2 Å². The van der Waals surface area contributed by atoms with Crippen LogP contribution in [0.2, 0.25) is 0 Å². The molecule has 5 N–H and O–H groups in total. The zero-order chi connectivity index (χ0) is 10.4. The number of urea groups is 1. The van der Waals surface area contributed by atoms with Gasteiger partial charge in [-0.1, -0.05) is 0 Å². The number of hydrogen-bond acceptors (Lipinski definition) is 4. The van der Waals surface area contributed by atoms with E-state index in [-0.39, 0.29) is 0 Å². The Morgan fingerprint density at radius 2 is 1.92 bits per heavy atom. The maximum atomic E-state index is 10.6. The molecule has 7 nitrogen and oxygen atoms in total. The van der Waals surface area contributed by atoms with Crippen LogP contribution in [0.4, 0.5) is 4.79 Å². The lowest BCUT2D eigenvalue weighted by atomic mass is 10.2. The van der Waals surface area contributed by atoms with Crippen LogP contribution in [0.15, 0.2) is 0 Å². The lowest BCUT2D eigenvalue weighted by Gasteiger charge is -2.17. The minimum Gasteiger partial charge on any atom is -0.480 e. The molecule has 0 aliphatic heterocycles. The Morgan fingerprint density at radius 3 is 2.23 bits per heavy atom. The highest BCUT2D eigenvalue weighted by molar-refractivity contribution is 5.76. The van der Waals surface area contributed by atoms with Gasteiger partial charge >= 0.3 is 12.0 Å². The number of carbonyl (C=O) groups is 2. The van der Waals surface area contributed by atoms with Gasteiger partial charge in [0.2, 0.25) is 0 Å². The predicted molar refractivity (Wildman–Crippen MR) is 43.8 cm³/mol. The largest absolute Gasteiger partial charge is 0.480 e. The van der Waals surface area contributed by atoms with Crippen molar-refractivity contribution in [1.29, 1.82) is 0 Å². The molecule has 0 radical (unpaired) electrons. The first-order chi connectivity index (χ1) is 5.99. The Morgan fingerprint density at radius 1 is 1.38 bits per heavy atom. The summed E-state index contributed by atoms with van der Waals surface area (Å²) < 4.78 is 0. The van der Waals surface area contributed by atoms with Crippen LogP contribution in [-0.4, -0.2) is 41.4 Å². The maximum Gasteiger partial charge on any atom is 0.328 e. The van der Waals surface area contributed by atoms with Gasteiger partial charge in [-0.2, -0.15) is 0 Å². The van der Waals surface area contributed by atoms with E-state index in [2.05, 4.69) is 16.2 Å². The van der Waals surface area contributed by atoms with E-state index in [1.54, 1.807) is 0 Å². The Bertz CT molecular complexity index is 194. The molecule has 0 aromatic rings. The number of aliphatic hydroxyl groups excluding tert-OH is 1. The third kappa shape index (κ3) is 4.28. The second kappa shape index (κ2) is 5.33. The zero-order valence-corrected chi connectivity index (χ0v) is 7.37. The van der Waals surface area contributed by atoms with Crippen molar-refractivity contribution in [3.05, 3.63) is 0 Å². The fourth-order valence-corrected chi connectivity index (χ4v) is 0.594. The van der Waals surface area contributed by atoms with Crippen molar-refractivity contribution in [2.75, 3.05) is 7.05 Å². The Labute approximate surface area is 75.1 Å². The average molecular weight is 191 g/mol. The highest BCUT2D eigenvalue weighted by Crippen LogP contribution is 1.90. The molecule has 2 atom stereocenters. The summed E-state index contributed by atoms with van der Waals surface area (Å²) in [5.74, 6) is -1.24. The highest BCUT2D eigenvalue weighted by Gasteiger charge is 2.22. The first-order valence-corrected chi connectivity index (χ1v) is 3.63. The number of hydrazine groups is 1. The van der Waals surface area contributed by atoms with Crippen molar-refractivity contribution in [3.63, 3.8) is 0 Å². The molecule has 0 rings (SSSR count). The van der Waals surface area contributed by atoms with Crippen molar-refractivity contribution in [2.45, 2.75) is 19.1 Å². The minimum atomic E-state index is -1.24. The summed E-state index contributed by atoms with van der Waals surface area (Å²) in [5.41, 5.74) is 4.21. The fourth-order valence-electron chi connectivity index (χ4n) is 0.594. The van der Waals surface area contributed by atoms with Crippen molar-refractivity contribution in [2.24, 2.45) is 0 Å². The molecule has 0 heterocycles. The van der Waals surface area contributed by atoms with Gasteiger partial charge < -0.3 is 15.5 Å². The van der Waals surface area contributed by atoms with Gasteiger partial charge in [0.15, 0.2) is 0 Å². The number of carbonyl (C=O) groups excluding carboxylic acids is 1. The number of aliphatic hydroxyl groups is 1. The molecule has 2 amide bonds. The molecule has 7 heteroatoms. The molecule has 0 aromatic heterocycles. The van der Waals surface area contributed by atoms with E-state index in [0.717, 1.165) is 0 Å². The number of amides is 2. The molecule has 0 spiro atoms. The zero-order valence-electron chi connectivity index (χ0n) is 7.37. The summed E-state index contributed by atoms with van der Waals surface area (Å²) in [5, 5.41) is 19.7. The smallest absolute Gasteiger partial charge is 0.328 e. The van der Waals surface area contributed by atoms with Crippen LogP contribution >= 0.6 is 0 Å². The van der Waals surface area contributed by atoms with E-state index >= 15 is 0 Å². The standard InChI is InChI=1S/C6H13N3O4/c1-3(10)4(5(11)12)8-9-6(13)7-2/h3-4,8,10H,1-2H3,(H,11,12)(H2,7,9,13). The molecule has 0 aliphatic carbocycles. The summed E-state index contributed by atoms with van der Waals surface area (Å²) in [4.78, 5) is 21.0. The molecule has 0 saturated heterocycles.